The molecule has 2 aromatic carbocycles. The van der Waals surface area contributed by atoms with Crippen LogP contribution in [-0.4, -0.2) is 41.6 Å². The van der Waals surface area contributed by atoms with Crippen molar-refractivity contribution in [1.82, 2.24) is 0 Å². The number of methoxy groups -OCH3 is 1. The third kappa shape index (κ3) is 6.08. The third-order valence-electron chi connectivity index (χ3n) is 3.97. The van der Waals surface area contributed by atoms with Crippen molar-refractivity contribution in [3.63, 3.8) is 0 Å². The Morgan fingerprint density at radius 2 is 1.77 bits per heavy atom. The summed E-state index contributed by atoms with van der Waals surface area (Å²) in [6, 6.07) is 7.88. The molecule has 0 aromatic heterocycles. The van der Waals surface area contributed by atoms with Gasteiger partial charge in [0.1, 0.15) is 16.4 Å². The number of aliphatic carboxylic acids is 1. The van der Waals surface area contributed by atoms with Crippen LogP contribution < -0.4 is 19.3 Å². The van der Waals surface area contributed by atoms with Crippen LogP contribution in [0.25, 0.3) is 0 Å². The van der Waals surface area contributed by atoms with Gasteiger partial charge in [-0.2, -0.15) is 0 Å². The maximum atomic E-state index is 12.7. The van der Waals surface area contributed by atoms with E-state index in [9.17, 15) is 21.6 Å². The van der Waals surface area contributed by atoms with Gasteiger partial charge in [-0.15, -0.1) is 0 Å². The molecule has 2 aromatic rings. The zero-order chi connectivity index (χ0) is 22.5. The van der Waals surface area contributed by atoms with E-state index in [2.05, 4.69) is 4.72 Å². The molecule has 0 aliphatic rings. The molecular weight excluding hydrogens is 436 g/mol. The summed E-state index contributed by atoms with van der Waals surface area (Å²) in [6.07, 6.45) is 0.290. The molecule has 2 rings (SSSR count). The maximum absolute atomic E-state index is 12.7. The predicted molar refractivity (Wildman–Crippen MR) is 109 cm³/mol. The van der Waals surface area contributed by atoms with Gasteiger partial charge in [-0.1, -0.05) is 0 Å². The highest BCUT2D eigenvalue weighted by molar-refractivity contribution is 7.92. The van der Waals surface area contributed by atoms with Gasteiger partial charge in [-0.05, 0) is 55.3 Å². The van der Waals surface area contributed by atoms with Crippen LogP contribution in [0.15, 0.2) is 46.2 Å². The third-order valence-corrected chi connectivity index (χ3v) is 6.28. The average Bonchev–Trinajstić information content (AvgIpc) is 2.65. The average molecular weight is 459 g/mol. The van der Waals surface area contributed by atoms with Gasteiger partial charge in [0, 0.05) is 6.42 Å². The number of carbonyl (C=O) groups is 1. The fraction of sp³-hybridized carbons (Fsp3) is 0.278. The highest BCUT2D eigenvalue weighted by Crippen LogP contribution is 2.28. The summed E-state index contributed by atoms with van der Waals surface area (Å²) in [5.41, 5.74) is 0.527. The number of nitrogens with one attached hydrogen (secondary N) is 1. The highest BCUT2D eigenvalue weighted by Gasteiger charge is 2.20. The number of ether oxygens (including phenoxy) is 2. The largest absolute Gasteiger partial charge is 0.495 e. The second kappa shape index (κ2) is 9.32. The molecule has 4 N–H and O–H groups in total. The number of aryl methyl sites for hydroxylation is 1. The summed E-state index contributed by atoms with van der Waals surface area (Å²) in [5, 5.41) is 13.8. The number of hydrogen-bond donors (Lipinski definition) is 3. The van der Waals surface area contributed by atoms with E-state index in [1.165, 1.54) is 37.4 Å². The van der Waals surface area contributed by atoms with Crippen molar-refractivity contribution >= 4 is 31.7 Å². The topological polar surface area (TPSA) is 162 Å². The predicted octanol–water partition coefficient (Wildman–Crippen LogP) is 1.70. The van der Waals surface area contributed by atoms with Gasteiger partial charge in [0.15, 0.2) is 0 Å². The van der Waals surface area contributed by atoms with Gasteiger partial charge in [-0.3, -0.25) is 9.52 Å². The minimum Gasteiger partial charge on any atom is -0.495 e. The summed E-state index contributed by atoms with van der Waals surface area (Å²) in [4.78, 5) is 10.1. The molecule has 0 atom stereocenters. The van der Waals surface area contributed by atoms with E-state index in [0.717, 1.165) is 6.07 Å². The number of carboxylic acid groups (broad SMARTS) is 1. The Hall–Kier alpha value is -2.83. The number of hydrogen-bond acceptors (Lipinski definition) is 7. The first-order chi connectivity index (χ1) is 13.9. The molecule has 0 radical (unpaired) electrons. The van der Waals surface area contributed by atoms with Crippen LogP contribution >= 0.6 is 0 Å². The lowest BCUT2D eigenvalue weighted by Crippen LogP contribution is -2.16. The van der Waals surface area contributed by atoms with Crippen molar-refractivity contribution in [2.45, 2.75) is 29.6 Å². The monoisotopic (exact) mass is 458 g/mol. The Labute approximate surface area is 174 Å². The molecule has 30 heavy (non-hydrogen) atoms. The normalized spacial score (nSPS) is 11.7. The SMILES string of the molecule is COc1ccc(NS(=O)(=O)c2ccc(OCCCC(=O)O)c(C)c2)cc1S(N)(=O)=O. The van der Waals surface area contributed by atoms with Gasteiger partial charge in [-0.25, -0.2) is 22.0 Å². The standard InChI is InChI=1S/C18H22N2O8S2/c1-12-10-14(6-8-15(12)28-9-3-4-18(21)22)30(25,26)20-13-5-7-16(27-2)17(11-13)29(19,23)24/h5-8,10-11,20H,3-4,9H2,1-2H3,(H,21,22)(H2,19,23,24). The molecule has 10 nitrogen and oxygen atoms in total. The fourth-order valence-electron chi connectivity index (χ4n) is 2.53. The van der Waals surface area contributed by atoms with E-state index in [4.69, 9.17) is 19.7 Å². The quantitative estimate of drug-likeness (QED) is 0.453. The summed E-state index contributed by atoms with van der Waals surface area (Å²) in [6.45, 7) is 1.83. The molecule has 0 bridgehead atoms. The van der Waals surface area contributed by atoms with Crippen molar-refractivity contribution in [2.24, 2.45) is 5.14 Å². The number of nitrogens with two attached hydrogens (primary N) is 1. The van der Waals surface area contributed by atoms with E-state index in [1.807, 2.05) is 0 Å². The number of anilines is 1. The number of carboxylic acids is 1. The van der Waals surface area contributed by atoms with Crippen LogP contribution in [-0.2, 0) is 24.8 Å². The molecule has 0 saturated heterocycles. The molecule has 0 heterocycles. The van der Waals surface area contributed by atoms with E-state index in [1.54, 1.807) is 6.92 Å². The van der Waals surface area contributed by atoms with Crippen LogP contribution in [0.5, 0.6) is 11.5 Å². The molecule has 12 heteroatoms. The Balaban J connectivity index is 2.22. The van der Waals surface area contributed by atoms with E-state index in [-0.39, 0.29) is 34.3 Å². The first-order valence-electron chi connectivity index (χ1n) is 8.63. The molecule has 0 amide bonds. The maximum Gasteiger partial charge on any atom is 0.303 e. The van der Waals surface area contributed by atoms with Crippen LogP contribution in [0.2, 0.25) is 0 Å². The zero-order valence-corrected chi connectivity index (χ0v) is 17.9. The Morgan fingerprint density at radius 1 is 1.10 bits per heavy atom. The van der Waals surface area contributed by atoms with Gasteiger partial charge in [0.25, 0.3) is 10.0 Å². The van der Waals surface area contributed by atoms with Gasteiger partial charge in [0.2, 0.25) is 10.0 Å². The van der Waals surface area contributed by atoms with E-state index in [0.29, 0.717) is 17.7 Å². The molecular formula is C18H22N2O8S2. The van der Waals surface area contributed by atoms with Crippen molar-refractivity contribution in [2.75, 3.05) is 18.4 Å². The Morgan fingerprint density at radius 3 is 2.33 bits per heavy atom. The van der Waals surface area contributed by atoms with Crippen LogP contribution in [0.3, 0.4) is 0 Å². The lowest BCUT2D eigenvalue weighted by atomic mass is 10.2. The minimum absolute atomic E-state index is 0.00789. The van der Waals surface area contributed by atoms with E-state index >= 15 is 0 Å². The Kier molecular flexibility index (Phi) is 7.29. The number of primary sulfonamides is 1. The fourth-order valence-corrected chi connectivity index (χ4v) is 4.39. The molecule has 0 saturated carbocycles. The van der Waals surface area contributed by atoms with Crippen LogP contribution in [0, 0.1) is 6.92 Å². The molecule has 0 aliphatic heterocycles. The molecule has 164 valence electrons. The second-order valence-electron chi connectivity index (χ2n) is 6.29. The lowest BCUT2D eigenvalue weighted by molar-refractivity contribution is -0.137. The number of sulfonamides is 2. The summed E-state index contributed by atoms with van der Waals surface area (Å²) >= 11 is 0. The lowest BCUT2D eigenvalue weighted by Gasteiger charge is -2.13. The molecule has 0 fully saturated rings. The first kappa shape index (κ1) is 23.4. The first-order valence-corrected chi connectivity index (χ1v) is 11.7. The minimum atomic E-state index is -4.13. The van der Waals surface area contributed by atoms with E-state index < -0.39 is 26.0 Å². The molecule has 0 aliphatic carbocycles. The second-order valence-corrected chi connectivity index (χ2v) is 9.50. The Bertz CT molecular complexity index is 1140. The van der Waals surface area contributed by atoms with Crippen molar-refractivity contribution in [3.05, 3.63) is 42.0 Å². The number of benzene rings is 2. The van der Waals surface area contributed by atoms with Gasteiger partial charge in [0.05, 0.1) is 24.3 Å². The van der Waals surface area contributed by atoms with Crippen molar-refractivity contribution in [3.8, 4) is 11.5 Å². The van der Waals surface area contributed by atoms with Gasteiger partial charge < -0.3 is 14.6 Å². The smallest absolute Gasteiger partial charge is 0.303 e. The van der Waals surface area contributed by atoms with Crippen molar-refractivity contribution < 1.29 is 36.2 Å². The summed E-state index contributed by atoms with van der Waals surface area (Å²) in [5.74, 6) is -0.507. The summed E-state index contributed by atoms with van der Waals surface area (Å²) < 4.78 is 61.5. The number of rotatable bonds is 10. The van der Waals surface area contributed by atoms with Crippen LogP contribution in [0.1, 0.15) is 18.4 Å². The molecule has 0 unspecified atom stereocenters. The molecule has 0 spiro atoms. The van der Waals surface area contributed by atoms with Crippen molar-refractivity contribution in [1.29, 1.82) is 0 Å². The zero-order valence-electron chi connectivity index (χ0n) is 16.3. The summed E-state index contributed by atoms with van der Waals surface area (Å²) in [7, 11) is -6.90. The highest BCUT2D eigenvalue weighted by atomic mass is 32.2. The van der Waals surface area contributed by atoms with Gasteiger partial charge >= 0.3 is 5.97 Å². The van der Waals surface area contributed by atoms with Crippen LogP contribution in [0.4, 0.5) is 5.69 Å².